The molecule has 4 atom stereocenters. The molecule has 3 saturated heterocycles. The van der Waals surface area contributed by atoms with E-state index in [0.717, 1.165) is 192 Å². The van der Waals surface area contributed by atoms with Crippen LogP contribution in [0.5, 0.6) is 23.0 Å². The minimum atomic E-state index is -0.379. The van der Waals surface area contributed by atoms with E-state index in [1.807, 2.05) is 121 Å². The van der Waals surface area contributed by atoms with Gasteiger partial charge in [0.05, 0.1) is 84.1 Å². The number of rotatable bonds is 22. The SMILES string of the molecule is CN(CCOc1ccc2c(ccc3onc(C4CCC(=O)CC4=O)c32)c1)C1CCCCC1.CN(CCOc1ccc2c(ccc3onc(C4CCC(=O)CC4=O)c32)c1)C1CCOCC1.O=C1CCC(c2noc3ccc4cc(OCCN5CCNCC5)ccc4c23)C(=O)C1.O=C1CCC(c2noc3ccc4cc(OCCN5CCOCC5)ccc4c23)C(=O)C1. The Bertz CT molecular complexity index is 5570. The largest absolute Gasteiger partial charge is 0.492 e. The molecule has 1 N–H and O–H groups in total. The number of carbonyl (C=O) groups excluding carboxylic acids is 8. The molecule has 4 aromatic heterocycles. The number of morpholine rings is 1. The van der Waals surface area contributed by atoms with Crippen molar-refractivity contribution in [3.8, 4) is 23.0 Å². The minimum Gasteiger partial charge on any atom is -0.492 e. The van der Waals surface area contributed by atoms with Crippen LogP contribution >= 0.6 is 0 Å². The quantitative estimate of drug-likeness (QED) is 0.0616. The summed E-state index contributed by atoms with van der Waals surface area (Å²) in [6, 6.07) is 40.7. The topological polar surface area (TPSA) is 321 Å². The van der Waals surface area contributed by atoms with Crippen LogP contribution in [0.3, 0.4) is 0 Å². The van der Waals surface area contributed by atoms with Crippen molar-refractivity contribution in [2.45, 2.75) is 158 Å². The fourth-order valence-electron chi connectivity index (χ4n) is 19.0. The Hall–Kier alpha value is -11.0. The number of fused-ring (bicyclic) bond motifs is 12. The fourth-order valence-corrected chi connectivity index (χ4v) is 19.0. The van der Waals surface area contributed by atoms with Crippen molar-refractivity contribution in [3.05, 3.63) is 144 Å². The number of nitrogens with zero attached hydrogens (tertiary/aromatic N) is 8. The first kappa shape index (κ1) is 85.1. The van der Waals surface area contributed by atoms with Gasteiger partial charge in [-0.25, -0.2) is 0 Å². The van der Waals surface area contributed by atoms with E-state index >= 15 is 0 Å². The van der Waals surface area contributed by atoms with E-state index in [-0.39, 0.29) is 95.6 Å². The van der Waals surface area contributed by atoms with Crippen molar-refractivity contribution in [2.75, 3.05) is 132 Å². The van der Waals surface area contributed by atoms with E-state index in [9.17, 15) is 38.4 Å². The minimum absolute atomic E-state index is 0.00290. The molecule has 8 aliphatic rings. The zero-order chi connectivity index (χ0) is 85.2. The lowest BCUT2D eigenvalue weighted by molar-refractivity contribution is -0.132. The molecule has 7 heterocycles. The molecule has 12 aromatic rings. The number of nitrogens with one attached hydrogen (secondary N) is 1. The summed E-state index contributed by atoms with van der Waals surface area (Å²) in [6.07, 6.45) is 12.4. The molecule has 8 aromatic carbocycles. The number of likely N-dealkylation sites (N-methyl/N-ethyl adjacent to an activating group) is 2. The van der Waals surface area contributed by atoms with Gasteiger partial charge in [-0.2, -0.15) is 0 Å². The van der Waals surface area contributed by atoms with E-state index in [1.165, 1.54) is 32.1 Å². The van der Waals surface area contributed by atoms with Gasteiger partial charge >= 0.3 is 0 Å². The van der Waals surface area contributed by atoms with Crippen LogP contribution < -0.4 is 24.3 Å². The van der Waals surface area contributed by atoms with Gasteiger partial charge in [0.2, 0.25) is 0 Å². The van der Waals surface area contributed by atoms with Gasteiger partial charge < -0.3 is 56.7 Å². The summed E-state index contributed by atoms with van der Waals surface area (Å²) in [5.74, 6) is 1.58. The second-order valence-corrected chi connectivity index (χ2v) is 34.2. The molecule has 648 valence electrons. The van der Waals surface area contributed by atoms with E-state index in [0.29, 0.717) is 135 Å². The van der Waals surface area contributed by atoms with E-state index in [2.05, 4.69) is 59.6 Å². The van der Waals surface area contributed by atoms with Crippen LogP contribution in [-0.2, 0) is 47.8 Å². The predicted molar refractivity (Wildman–Crippen MR) is 467 cm³/mol. The molecule has 0 radical (unpaired) electrons. The van der Waals surface area contributed by atoms with Gasteiger partial charge in [-0.3, -0.25) is 53.1 Å². The van der Waals surface area contributed by atoms with Crippen LogP contribution in [0.15, 0.2) is 139 Å². The lowest BCUT2D eigenvalue weighted by Crippen LogP contribution is -2.44. The number of Topliss-reactive ketones (excluding diaryl/α,β-unsaturated/α-hetero) is 8. The van der Waals surface area contributed by atoms with Gasteiger partial charge in [-0.15, -0.1) is 0 Å². The summed E-state index contributed by atoms with van der Waals surface area (Å²) in [4.78, 5) is 106. The molecule has 5 saturated carbocycles. The van der Waals surface area contributed by atoms with Crippen LogP contribution in [0.2, 0.25) is 0 Å². The van der Waals surface area contributed by atoms with Crippen molar-refractivity contribution in [2.24, 2.45) is 0 Å². The van der Waals surface area contributed by atoms with Crippen molar-refractivity contribution < 1.29 is 84.9 Å². The maximum absolute atomic E-state index is 12.5. The van der Waals surface area contributed by atoms with Crippen molar-refractivity contribution in [1.29, 1.82) is 0 Å². The predicted octanol–water partition coefficient (Wildman–Crippen LogP) is 14.7. The average molecular weight is 1690 g/mol. The molecule has 3 aliphatic heterocycles. The fraction of sp³-hybridized carbons (Fsp3) is 0.464. The van der Waals surface area contributed by atoms with E-state index in [4.69, 9.17) is 46.5 Å². The first-order chi connectivity index (χ1) is 60.6. The highest BCUT2D eigenvalue weighted by atomic mass is 16.5. The Balaban J connectivity index is 0.000000117. The monoisotopic (exact) mass is 1690 g/mol. The molecule has 8 fully saturated rings. The molecule has 27 heteroatoms. The second-order valence-electron chi connectivity index (χ2n) is 34.2. The summed E-state index contributed by atoms with van der Waals surface area (Å²) >= 11 is 0. The first-order valence-electron chi connectivity index (χ1n) is 44.3. The smallest absolute Gasteiger partial charge is 0.167 e. The molecule has 27 nitrogen and oxygen atoms in total. The number of hydrogen-bond donors (Lipinski definition) is 1. The van der Waals surface area contributed by atoms with Crippen LogP contribution in [0.4, 0.5) is 0 Å². The molecule has 0 bridgehead atoms. The Morgan fingerprint density at radius 1 is 0.355 bits per heavy atom. The molecule has 124 heavy (non-hydrogen) atoms. The van der Waals surface area contributed by atoms with Gasteiger partial charge in [0.25, 0.3) is 0 Å². The number of carbonyl (C=O) groups is 8. The second kappa shape index (κ2) is 39.4. The third kappa shape index (κ3) is 19.7. The maximum atomic E-state index is 12.5. The highest BCUT2D eigenvalue weighted by Gasteiger charge is 2.38. The molecule has 20 rings (SSSR count). The molecule has 4 unspecified atom stereocenters. The Kier molecular flexibility index (Phi) is 27.1. The normalized spacial score (nSPS) is 20.7. The van der Waals surface area contributed by atoms with Gasteiger partial charge in [0.15, 0.2) is 22.3 Å². The number of aromatic nitrogens is 4. The number of piperazine rings is 1. The van der Waals surface area contributed by atoms with Crippen LogP contribution in [0, 0.1) is 0 Å². The number of ketones is 8. The standard InChI is InChI=1S/C26H30N2O4.C25H28N2O5.C23H25N3O4.C23H24N2O5/c1-28(18-5-3-2-4-6-18)13-14-31-20-9-11-21-17(15-20)7-12-24-25(21)26(27-32-24)22-10-8-19(29)16-23(22)30;1-27(17-8-11-30-12-9-17)10-13-31-19-4-6-20-16(14-19)2-7-23-24(20)25(26-32-23)21-5-3-18(28)15-22(21)29;27-16-2-4-19(20(28)14-16)23-22-18-5-3-17(13-15(18)1-6-21(22)30-25-23)29-12-11-26-9-7-24-8-10-26;26-16-2-4-19(20(27)14-16)23-22-18-5-3-17(13-15(18)1-6-21(22)30-24-23)29-12-9-25-7-10-28-11-8-25/h7,9,11-12,15,18,22H,2-6,8,10,13-14,16H2,1H3;2,4,6-7,14,17,21H,3,5,8-13,15H2,1H3;1,3,5-6,13,19,24H,2,4,7-12,14H2;1,3,5-6,13,19H,2,4,7-12,14H2. The Morgan fingerprint density at radius 3 is 0.992 bits per heavy atom. The highest BCUT2D eigenvalue weighted by Crippen LogP contribution is 2.43. The summed E-state index contributed by atoms with van der Waals surface area (Å²) in [5, 5.41) is 31.7. The average Bonchev–Trinajstić information content (AvgIpc) is 1.59. The Labute approximate surface area is 717 Å². The van der Waals surface area contributed by atoms with Gasteiger partial charge in [-0.1, -0.05) is 64.2 Å². The van der Waals surface area contributed by atoms with Crippen LogP contribution in [0.1, 0.15) is 168 Å². The molecular formula is C97H107N9O18. The summed E-state index contributed by atoms with van der Waals surface area (Å²) in [6.45, 7) is 15.4. The number of hydrogen-bond acceptors (Lipinski definition) is 27. The van der Waals surface area contributed by atoms with Gasteiger partial charge in [0, 0.05) is 116 Å². The third-order valence-corrected chi connectivity index (χ3v) is 26.1. The summed E-state index contributed by atoms with van der Waals surface area (Å²) < 4.78 is 57.0. The maximum Gasteiger partial charge on any atom is 0.167 e. The summed E-state index contributed by atoms with van der Waals surface area (Å²) in [5.41, 5.74) is 5.25. The number of ether oxygens (including phenoxy) is 6. The zero-order valence-corrected chi connectivity index (χ0v) is 70.6. The van der Waals surface area contributed by atoms with Crippen molar-refractivity contribution >= 4 is 133 Å². The molecule has 0 amide bonds. The molecule has 0 spiro atoms. The summed E-state index contributed by atoms with van der Waals surface area (Å²) in [7, 11) is 4.34. The first-order valence-corrected chi connectivity index (χ1v) is 44.3. The third-order valence-electron chi connectivity index (χ3n) is 26.1. The molecular weight excluding hydrogens is 1580 g/mol. The van der Waals surface area contributed by atoms with Gasteiger partial charge in [-0.05, 0) is 206 Å². The van der Waals surface area contributed by atoms with Crippen molar-refractivity contribution in [3.63, 3.8) is 0 Å². The van der Waals surface area contributed by atoms with E-state index < -0.39 is 0 Å². The number of benzene rings is 8. The zero-order valence-electron chi connectivity index (χ0n) is 70.6. The molecule has 5 aliphatic carbocycles. The van der Waals surface area contributed by atoms with Gasteiger partial charge in [0.1, 0.15) is 118 Å². The van der Waals surface area contributed by atoms with E-state index in [1.54, 1.807) is 0 Å². The van der Waals surface area contributed by atoms with Crippen LogP contribution in [-0.4, -0.2) is 231 Å². The Morgan fingerprint density at radius 2 is 0.661 bits per heavy atom. The highest BCUT2D eigenvalue weighted by molar-refractivity contribution is 6.15. The van der Waals surface area contributed by atoms with Crippen LogP contribution in [0.25, 0.3) is 87.0 Å². The van der Waals surface area contributed by atoms with Crippen molar-refractivity contribution in [1.82, 2.24) is 45.5 Å². The lowest BCUT2D eigenvalue weighted by Gasteiger charge is -2.31. The lowest BCUT2D eigenvalue weighted by atomic mass is 9.83.